The molecule has 1 fully saturated rings. The molecule has 0 radical (unpaired) electrons. The van der Waals surface area contributed by atoms with Crippen molar-refractivity contribution in [3.63, 3.8) is 0 Å². The second kappa shape index (κ2) is 8.49. The highest BCUT2D eigenvalue weighted by molar-refractivity contribution is 5.95. The van der Waals surface area contributed by atoms with Crippen LogP contribution in [0.15, 0.2) is 54.6 Å². The fourth-order valence-corrected chi connectivity index (χ4v) is 3.14. The lowest BCUT2D eigenvalue weighted by atomic mass is 10.1. The summed E-state index contributed by atoms with van der Waals surface area (Å²) in [5.74, 6) is -0.586. The molecule has 2 N–H and O–H groups in total. The van der Waals surface area contributed by atoms with E-state index in [4.69, 9.17) is 9.84 Å². The number of benzene rings is 2. The van der Waals surface area contributed by atoms with Crippen LogP contribution in [-0.4, -0.2) is 41.1 Å². The van der Waals surface area contributed by atoms with E-state index in [1.165, 1.54) is 5.56 Å². The van der Waals surface area contributed by atoms with Gasteiger partial charge in [0.1, 0.15) is 5.75 Å². The van der Waals surface area contributed by atoms with Crippen molar-refractivity contribution in [2.24, 2.45) is 0 Å². The van der Waals surface area contributed by atoms with Crippen molar-refractivity contribution in [3.8, 4) is 5.75 Å². The van der Waals surface area contributed by atoms with Gasteiger partial charge in [-0.05, 0) is 49.2 Å². The molecule has 0 spiro atoms. The van der Waals surface area contributed by atoms with Crippen molar-refractivity contribution in [2.45, 2.75) is 25.4 Å². The third-order valence-electron chi connectivity index (χ3n) is 4.38. The van der Waals surface area contributed by atoms with Crippen molar-refractivity contribution >= 4 is 17.6 Å². The molecule has 1 aliphatic rings. The number of likely N-dealkylation sites (tertiary alicyclic amines) is 1. The number of carboxylic acids is 1. The number of aliphatic carboxylic acids is 1. The summed E-state index contributed by atoms with van der Waals surface area (Å²) in [6.07, 6.45) is 1.85. The van der Waals surface area contributed by atoms with Gasteiger partial charge in [-0.2, -0.15) is 0 Å². The van der Waals surface area contributed by atoms with E-state index in [-0.39, 0.29) is 18.6 Å². The second-order valence-corrected chi connectivity index (χ2v) is 6.31. The molecule has 2 aromatic carbocycles. The number of hydrogen-bond acceptors (Lipinski definition) is 4. The predicted molar refractivity (Wildman–Crippen MR) is 98.1 cm³/mol. The number of ether oxygens (including phenoxy) is 1. The van der Waals surface area contributed by atoms with Crippen LogP contribution in [0.25, 0.3) is 0 Å². The van der Waals surface area contributed by atoms with E-state index < -0.39 is 5.97 Å². The quantitative estimate of drug-likeness (QED) is 0.799. The zero-order valence-electron chi connectivity index (χ0n) is 14.4. The number of hydrogen-bond donors (Lipinski definition) is 2. The SMILES string of the molecule is O=C(O)COc1ccc(NC(=O)C2CCCN2Cc2ccccc2)cc1. The Labute approximate surface area is 152 Å². The summed E-state index contributed by atoms with van der Waals surface area (Å²) < 4.78 is 5.09. The van der Waals surface area contributed by atoms with Gasteiger partial charge in [-0.3, -0.25) is 9.69 Å². The van der Waals surface area contributed by atoms with E-state index >= 15 is 0 Å². The Kier molecular flexibility index (Phi) is 5.86. The maximum Gasteiger partial charge on any atom is 0.341 e. The Morgan fingerprint density at radius 2 is 1.85 bits per heavy atom. The fraction of sp³-hybridized carbons (Fsp3) is 0.300. The van der Waals surface area contributed by atoms with Crippen LogP contribution in [0.3, 0.4) is 0 Å². The molecule has 6 heteroatoms. The van der Waals surface area contributed by atoms with Gasteiger partial charge >= 0.3 is 5.97 Å². The molecule has 6 nitrogen and oxygen atoms in total. The lowest BCUT2D eigenvalue weighted by Crippen LogP contribution is -2.39. The van der Waals surface area contributed by atoms with Gasteiger partial charge in [0.05, 0.1) is 6.04 Å². The van der Waals surface area contributed by atoms with Crippen molar-refractivity contribution < 1.29 is 19.4 Å². The molecule has 1 unspecified atom stereocenters. The van der Waals surface area contributed by atoms with Crippen molar-refractivity contribution in [1.29, 1.82) is 0 Å². The Balaban J connectivity index is 1.57. The van der Waals surface area contributed by atoms with Crippen molar-refractivity contribution in [1.82, 2.24) is 4.90 Å². The predicted octanol–water partition coefficient (Wildman–Crippen LogP) is 2.75. The number of carbonyl (C=O) groups excluding carboxylic acids is 1. The van der Waals surface area contributed by atoms with Crippen molar-refractivity contribution in [3.05, 3.63) is 60.2 Å². The van der Waals surface area contributed by atoms with Crippen molar-refractivity contribution in [2.75, 3.05) is 18.5 Å². The average Bonchev–Trinajstić information content (AvgIpc) is 3.10. The van der Waals surface area contributed by atoms with Crippen LogP contribution in [0, 0.1) is 0 Å². The average molecular weight is 354 g/mol. The molecule has 0 aliphatic carbocycles. The molecular weight excluding hydrogens is 332 g/mol. The Hall–Kier alpha value is -2.86. The molecule has 136 valence electrons. The van der Waals surface area contributed by atoms with E-state index in [0.717, 1.165) is 25.9 Å². The van der Waals surface area contributed by atoms with Crippen LogP contribution in [0.5, 0.6) is 5.75 Å². The Morgan fingerprint density at radius 1 is 1.12 bits per heavy atom. The summed E-state index contributed by atoms with van der Waals surface area (Å²) in [7, 11) is 0. The van der Waals surface area contributed by atoms with Crippen LogP contribution in [0.4, 0.5) is 5.69 Å². The molecule has 3 rings (SSSR count). The molecule has 1 amide bonds. The Morgan fingerprint density at radius 3 is 2.54 bits per heavy atom. The molecule has 26 heavy (non-hydrogen) atoms. The molecule has 2 aromatic rings. The summed E-state index contributed by atoms with van der Waals surface area (Å²) in [4.78, 5) is 25.4. The maximum atomic E-state index is 12.7. The van der Waals surface area contributed by atoms with Crippen LogP contribution in [0.1, 0.15) is 18.4 Å². The lowest BCUT2D eigenvalue weighted by molar-refractivity contribution is -0.139. The standard InChI is InChI=1S/C20H22N2O4/c23-19(24)14-26-17-10-8-16(9-11-17)21-20(25)18-7-4-12-22(18)13-15-5-2-1-3-6-15/h1-3,5-6,8-11,18H,4,7,12-14H2,(H,21,25)(H,23,24). The third kappa shape index (κ3) is 4.83. The monoisotopic (exact) mass is 354 g/mol. The fourth-order valence-electron chi connectivity index (χ4n) is 3.14. The van der Waals surface area contributed by atoms with Crippen LogP contribution in [-0.2, 0) is 16.1 Å². The summed E-state index contributed by atoms with van der Waals surface area (Å²) in [5.41, 5.74) is 1.87. The minimum atomic E-state index is -1.03. The molecule has 1 saturated heterocycles. The molecule has 1 aliphatic heterocycles. The highest BCUT2D eigenvalue weighted by Gasteiger charge is 2.30. The first-order valence-electron chi connectivity index (χ1n) is 8.65. The molecule has 1 atom stereocenters. The summed E-state index contributed by atoms with van der Waals surface area (Å²) in [5, 5.41) is 11.6. The first-order chi connectivity index (χ1) is 12.6. The van der Waals surface area contributed by atoms with Crippen LogP contribution >= 0.6 is 0 Å². The summed E-state index contributed by atoms with van der Waals surface area (Å²) >= 11 is 0. The number of rotatable bonds is 7. The van der Waals surface area contributed by atoms with E-state index in [9.17, 15) is 9.59 Å². The molecular formula is C20H22N2O4. The van der Waals surface area contributed by atoms with Gasteiger partial charge in [0.15, 0.2) is 6.61 Å². The van der Waals surface area contributed by atoms with Gasteiger partial charge in [-0.15, -0.1) is 0 Å². The summed E-state index contributed by atoms with van der Waals surface area (Å²) in [6.45, 7) is 1.29. The van der Waals surface area contributed by atoms with Gasteiger partial charge in [0, 0.05) is 12.2 Å². The topological polar surface area (TPSA) is 78.9 Å². The van der Waals surface area contributed by atoms with Gasteiger partial charge < -0.3 is 15.2 Å². The molecule has 0 saturated carbocycles. The zero-order valence-corrected chi connectivity index (χ0v) is 14.4. The molecule has 0 bridgehead atoms. The number of amides is 1. The smallest absolute Gasteiger partial charge is 0.341 e. The summed E-state index contributed by atoms with van der Waals surface area (Å²) in [6, 6.07) is 16.7. The van der Waals surface area contributed by atoms with E-state index in [1.54, 1.807) is 24.3 Å². The number of nitrogens with zero attached hydrogens (tertiary/aromatic N) is 1. The number of nitrogens with one attached hydrogen (secondary N) is 1. The zero-order chi connectivity index (χ0) is 18.4. The first-order valence-corrected chi connectivity index (χ1v) is 8.65. The second-order valence-electron chi connectivity index (χ2n) is 6.31. The molecule has 0 aromatic heterocycles. The van der Waals surface area contributed by atoms with E-state index in [1.807, 2.05) is 18.2 Å². The number of carboxylic acid groups (broad SMARTS) is 1. The molecule has 1 heterocycles. The van der Waals surface area contributed by atoms with Gasteiger partial charge in [0.2, 0.25) is 5.91 Å². The first kappa shape index (κ1) is 17.9. The van der Waals surface area contributed by atoms with Crippen LogP contribution in [0.2, 0.25) is 0 Å². The highest BCUT2D eigenvalue weighted by atomic mass is 16.5. The van der Waals surface area contributed by atoms with Gasteiger partial charge in [-0.25, -0.2) is 4.79 Å². The highest BCUT2D eigenvalue weighted by Crippen LogP contribution is 2.22. The van der Waals surface area contributed by atoms with Gasteiger partial charge in [0.25, 0.3) is 0 Å². The van der Waals surface area contributed by atoms with E-state index in [2.05, 4.69) is 22.3 Å². The lowest BCUT2D eigenvalue weighted by Gasteiger charge is -2.23. The maximum absolute atomic E-state index is 12.7. The normalized spacial score (nSPS) is 17.0. The number of carbonyl (C=O) groups is 2. The third-order valence-corrected chi connectivity index (χ3v) is 4.38. The van der Waals surface area contributed by atoms with E-state index in [0.29, 0.717) is 11.4 Å². The number of anilines is 1. The van der Waals surface area contributed by atoms with Gasteiger partial charge in [-0.1, -0.05) is 30.3 Å². The minimum Gasteiger partial charge on any atom is -0.482 e. The Bertz CT molecular complexity index is 746. The largest absolute Gasteiger partial charge is 0.482 e. The van der Waals surface area contributed by atoms with Crippen LogP contribution < -0.4 is 10.1 Å². The minimum absolute atomic E-state index is 0.0161.